The Bertz CT molecular complexity index is 1640. The van der Waals surface area contributed by atoms with E-state index in [-0.39, 0.29) is 36.6 Å². The summed E-state index contributed by atoms with van der Waals surface area (Å²) in [4.78, 5) is 26.3. The van der Waals surface area contributed by atoms with Gasteiger partial charge in [0.05, 0.1) is 23.5 Å². The third-order valence-electron chi connectivity index (χ3n) is 7.17. The normalized spacial score (nSPS) is 18.3. The molecule has 3 aromatic rings. The summed E-state index contributed by atoms with van der Waals surface area (Å²) < 4.78 is 67.7. The lowest BCUT2D eigenvalue weighted by Crippen LogP contribution is -2.52. The molecular weight excluding hydrogens is 577 g/mol. The highest BCUT2D eigenvalue weighted by atomic mass is 32.2. The van der Waals surface area contributed by atoms with Gasteiger partial charge >= 0.3 is 6.18 Å². The van der Waals surface area contributed by atoms with E-state index in [4.69, 9.17) is 4.74 Å². The molecule has 224 valence electrons. The first-order chi connectivity index (χ1) is 19.7. The Kier molecular flexibility index (Phi) is 7.72. The first-order valence-electron chi connectivity index (χ1n) is 13.3. The van der Waals surface area contributed by atoms with Crippen LogP contribution in [-0.4, -0.2) is 65.0 Å². The number of fused-ring (bicyclic) bond motifs is 3. The molecule has 3 heterocycles. The molecule has 0 saturated carbocycles. The minimum Gasteiger partial charge on any atom is -0.494 e. The summed E-state index contributed by atoms with van der Waals surface area (Å²) in [5.74, 6) is -1.45. The minimum atomic E-state index is -4.24. The number of ether oxygens (including phenoxy) is 1. The number of aryl methyl sites for hydroxylation is 2. The zero-order chi connectivity index (χ0) is 30.3. The summed E-state index contributed by atoms with van der Waals surface area (Å²) in [6, 6.07) is 8.59. The number of hydrogen-bond donors (Lipinski definition) is 2. The van der Waals surface area contributed by atoms with Crippen LogP contribution >= 0.6 is 0 Å². The van der Waals surface area contributed by atoms with Gasteiger partial charge in [0, 0.05) is 19.1 Å². The highest BCUT2D eigenvalue weighted by Crippen LogP contribution is 2.43. The van der Waals surface area contributed by atoms with Crippen LogP contribution in [0.4, 0.5) is 19.0 Å². The van der Waals surface area contributed by atoms with Gasteiger partial charge in [0.2, 0.25) is 5.91 Å². The second kappa shape index (κ2) is 11.0. The fourth-order valence-electron chi connectivity index (χ4n) is 5.45. The van der Waals surface area contributed by atoms with E-state index in [1.54, 1.807) is 31.2 Å². The molecule has 11 nitrogen and oxygen atoms in total. The fourth-order valence-corrected chi connectivity index (χ4v) is 6.00. The maximum absolute atomic E-state index is 13.7. The molecule has 1 aromatic carbocycles. The van der Waals surface area contributed by atoms with Gasteiger partial charge in [-0.1, -0.05) is 6.07 Å². The number of nitrogens with zero attached hydrogens (tertiary/aromatic N) is 4. The Balaban J connectivity index is 1.47. The van der Waals surface area contributed by atoms with Crippen LogP contribution < -0.4 is 15.4 Å². The van der Waals surface area contributed by atoms with Gasteiger partial charge in [0.1, 0.15) is 17.1 Å². The van der Waals surface area contributed by atoms with Crippen molar-refractivity contribution in [3.63, 3.8) is 0 Å². The summed E-state index contributed by atoms with van der Waals surface area (Å²) in [6.07, 6.45) is -2.09. The van der Waals surface area contributed by atoms with Crippen molar-refractivity contribution < 1.29 is 35.9 Å². The van der Waals surface area contributed by atoms with Gasteiger partial charge < -0.3 is 15.4 Å². The van der Waals surface area contributed by atoms with E-state index in [2.05, 4.69) is 25.9 Å². The molecule has 0 unspecified atom stereocenters. The Morgan fingerprint density at radius 1 is 1.21 bits per heavy atom. The third kappa shape index (κ3) is 6.40. The maximum atomic E-state index is 13.7. The Morgan fingerprint density at radius 3 is 2.69 bits per heavy atom. The molecule has 42 heavy (non-hydrogen) atoms. The molecule has 1 aliphatic heterocycles. The SMILES string of the molecule is Cc1ccc(-n2nc3c(c2NC(=O)CS(C)(=O)=O)C(=O)N[C@@]2(CCCc4cc(OCCCC(F)(F)F)ccc42)C3)nn1. The molecule has 0 saturated heterocycles. The first-order valence-corrected chi connectivity index (χ1v) is 15.3. The predicted molar refractivity (Wildman–Crippen MR) is 145 cm³/mol. The lowest BCUT2D eigenvalue weighted by molar-refractivity contribution is -0.136. The fraction of sp³-hybridized carbons (Fsp3) is 0.444. The number of hydrogen-bond acceptors (Lipinski definition) is 8. The largest absolute Gasteiger partial charge is 0.494 e. The molecule has 15 heteroatoms. The van der Waals surface area contributed by atoms with Crippen molar-refractivity contribution in [1.29, 1.82) is 0 Å². The van der Waals surface area contributed by atoms with Crippen LogP contribution in [0, 0.1) is 6.92 Å². The van der Waals surface area contributed by atoms with Crippen LogP contribution in [0.1, 0.15) is 58.6 Å². The maximum Gasteiger partial charge on any atom is 0.389 e. The van der Waals surface area contributed by atoms with Crippen molar-refractivity contribution in [3.8, 4) is 11.6 Å². The quantitative estimate of drug-likeness (QED) is 0.372. The van der Waals surface area contributed by atoms with Crippen molar-refractivity contribution in [2.75, 3.05) is 23.9 Å². The summed E-state index contributed by atoms with van der Waals surface area (Å²) in [6.45, 7) is 1.67. The van der Waals surface area contributed by atoms with E-state index < -0.39 is 45.5 Å². The number of carbonyl (C=O) groups excluding carboxylic acids is 2. The number of halogens is 3. The van der Waals surface area contributed by atoms with Gasteiger partial charge in [-0.3, -0.25) is 9.59 Å². The molecule has 0 bridgehead atoms. The predicted octanol–water partition coefficient (Wildman–Crippen LogP) is 3.19. The second-order valence-electron chi connectivity index (χ2n) is 10.7. The summed E-state index contributed by atoms with van der Waals surface area (Å²) in [5.41, 5.74) is 2.06. The summed E-state index contributed by atoms with van der Waals surface area (Å²) in [5, 5.41) is 18.4. The number of aromatic nitrogens is 4. The number of anilines is 1. The highest BCUT2D eigenvalue weighted by Gasteiger charge is 2.45. The molecule has 1 spiro atoms. The second-order valence-corrected chi connectivity index (χ2v) is 12.8. The van der Waals surface area contributed by atoms with E-state index in [1.807, 2.05) is 6.07 Å². The monoisotopic (exact) mass is 606 g/mol. The molecule has 2 aliphatic rings. The lowest BCUT2D eigenvalue weighted by atomic mass is 9.72. The summed E-state index contributed by atoms with van der Waals surface area (Å²) in [7, 11) is -3.65. The smallest absolute Gasteiger partial charge is 0.389 e. The van der Waals surface area contributed by atoms with Crippen LogP contribution in [0.5, 0.6) is 5.75 Å². The zero-order valence-electron chi connectivity index (χ0n) is 22.9. The van der Waals surface area contributed by atoms with Crippen molar-refractivity contribution in [2.24, 2.45) is 0 Å². The number of sulfone groups is 1. The van der Waals surface area contributed by atoms with Gasteiger partial charge in [-0.2, -0.15) is 28.1 Å². The van der Waals surface area contributed by atoms with Crippen molar-refractivity contribution in [3.05, 3.63) is 58.4 Å². The van der Waals surface area contributed by atoms with Crippen LogP contribution in [0.2, 0.25) is 0 Å². The Hall–Kier alpha value is -4.01. The number of rotatable bonds is 8. The minimum absolute atomic E-state index is 0.0113. The van der Waals surface area contributed by atoms with E-state index >= 15 is 0 Å². The van der Waals surface area contributed by atoms with Gasteiger partial charge in [0.15, 0.2) is 21.5 Å². The van der Waals surface area contributed by atoms with Crippen LogP contribution in [0.3, 0.4) is 0 Å². The van der Waals surface area contributed by atoms with Crippen molar-refractivity contribution >= 4 is 27.5 Å². The van der Waals surface area contributed by atoms with Gasteiger partial charge in [-0.15, -0.1) is 5.10 Å². The zero-order valence-corrected chi connectivity index (χ0v) is 23.7. The standard InChI is InChI=1S/C27H29F3N6O5S/c1-16-6-9-21(34-33-16)36-24(31-22(37)15-42(2,39)40)23-20(35-36)14-26(32-25(23)38)10-3-5-17-13-18(7-8-19(17)26)41-12-4-11-27(28,29)30/h6-9,13H,3-5,10-12,14-15H2,1-2H3,(H,31,37)(H,32,38)/t26-/m0/s1. The van der Waals surface area contributed by atoms with Crippen LogP contribution in [-0.2, 0) is 33.0 Å². The molecule has 2 N–H and O–H groups in total. The molecule has 0 fully saturated rings. The van der Waals surface area contributed by atoms with Crippen LogP contribution in [0.25, 0.3) is 5.82 Å². The Labute approximate surface area is 239 Å². The van der Waals surface area contributed by atoms with E-state index in [9.17, 15) is 31.2 Å². The number of carbonyl (C=O) groups is 2. The first kappa shape index (κ1) is 29.5. The molecule has 1 aliphatic carbocycles. The van der Waals surface area contributed by atoms with E-state index in [0.717, 1.165) is 23.8 Å². The van der Waals surface area contributed by atoms with Gasteiger partial charge in [-0.05, 0) is 68.0 Å². The molecule has 2 aromatic heterocycles. The Morgan fingerprint density at radius 2 is 2.00 bits per heavy atom. The highest BCUT2D eigenvalue weighted by molar-refractivity contribution is 7.91. The van der Waals surface area contributed by atoms with Crippen molar-refractivity contribution in [1.82, 2.24) is 25.3 Å². The van der Waals surface area contributed by atoms with Gasteiger partial charge in [-0.25, -0.2) is 8.42 Å². The van der Waals surface area contributed by atoms with Crippen LogP contribution in [0.15, 0.2) is 30.3 Å². The van der Waals surface area contributed by atoms with E-state index in [1.165, 1.54) is 4.68 Å². The molecule has 2 amide bonds. The molecular formula is C27H29F3N6O5S. The average Bonchev–Trinajstić information content (AvgIpc) is 3.23. The number of amides is 2. The molecule has 0 radical (unpaired) electrons. The number of benzene rings is 1. The molecule has 5 rings (SSSR count). The lowest BCUT2D eigenvalue weighted by Gasteiger charge is -2.42. The van der Waals surface area contributed by atoms with E-state index in [0.29, 0.717) is 30.0 Å². The number of alkyl halides is 3. The average molecular weight is 607 g/mol. The van der Waals surface area contributed by atoms with Crippen molar-refractivity contribution in [2.45, 2.75) is 57.2 Å². The topological polar surface area (TPSA) is 145 Å². The molecule has 1 atom stereocenters. The summed E-state index contributed by atoms with van der Waals surface area (Å²) >= 11 is 0. The van der Waals surface area contributed by atoms with Gasteiger partial charge in [0.25, 0.3) is 5.91 Å². The number of nitrogens with one attached hydrogen (secondary N) is 2. The third-order valence-corrected chi connectivity index (χ3v) is 7.96.